The number of nitrogens with zero attached hydrogens (tertiary/aromatic N) is 1. The average Bonchev–Trinajstić information content (AvgIpc) is 3.02. The third-order valence-corrected chi connectivity index (χ3v) is 5.65. The molecule has 0 saturated heterocycles. The number of carbonyl (C=O) groups is 1. The van der Waals surface area contributed by atoms with Crippen molar-refractivity contribution in [2.75, 3.05) is 11.4 Å². The van der Waals surface area contributed by atoms with E-state index >= 15 is 0 Å². The van der Waals surface area contributed by atoms with Crippen LogP contribution in [0.2, 0.25) is 0 Å². The van der Waals surface area contributed by atoms with Crippen LogP contribution in [0, 0.1) is 0 Å². The van der Waals surface area contributed by atoms with Crippen LogP contribution in [-0.4, -0.2) is 29.9 Å². The van der Waals surface area contributed by atoms with E-state index in [-0.39, 0.29) is 30.0 Å². The molecule has 2 aromatic rings. The van der Waals surface area contributed by atoms with E-state index in [0.29, 0.717) is 31.5 Å². The summed E-state index contributed by atoms with van der Waals surface area (Å²) in [7, 11) is 0. The summed E-state index contributed by atoms with van der Waals surface area (Å²) in [6.45, 7) is 0.318. The third kappa shape index (κ3) is 4.00. The van der Waals surface area contributed by atoms with Crippen LogP contribution in [0.15, 0.2) is 35.0 Å². The van der Waals surface area contributed by atoms with Crippen molar-refractivity contribution in [3.05, 3.63) is 51.7 Å². The third-order valence-electron chi connectivity index (χ3n) is 4.92. The molecule has 1 aliphatic rings. The fourth-order valence-electron chi connectivity index (χ4n) is 3.39. The number of aliphatic hydroxyl groups is 1. The lowest BCUT2D eigenvalue weighted by Gasteiger charge is -2.33. The Morgan fingerprint density at radius 1 is 1.07 bits per heavy atom. The van der Waals surface area contributed by atoms with Gasteiger partial charge in [-0.25, -0.2) is 0 Å². The molecule has 2 heterocycles. The van der Waals surface area contributed by atoms with Crippen LogP contribution in [0.4, 0.5) is 32.0 Å². The number of aryl methyl sites for hydroxylation is 1. The molecule has 0 spiro atoms. The van der Waals surface area contributed by atoms with E-state index in [9.17, 15) is 36.2 Å². The average molecular weight is 437 g/mol. The summed E-state index contributed by atoms with van der Waals surface area (Å²) in [6, 6.07) is 4.14. The summed E-state index contributed by atoms with van der Waals surface area (Å²) in [5.74, 6) is -0.291. The topological polar surface area (TPSA) is 40.5 Å². The minimum Gasteiger partial charge on any atom is -0.369 e. The molecule has 0 unspecified atom stereocenters. The van der Waals surface area contributed by atoms with Gasteiger partial charge in [0.05, 0.1) is 6.42 Å². The number of fused-ring (bicyclic) bond motifs is 1. The van der Waals surface area contributed by atoms with Crippen LogP contribution < -0.4 is 4.90 Å². The van der Waals surface area contributed by atoms with Crippen LogP contribution in [0.1, 0.15) is 29.5 Å². The lowest BCUT2D eigenvalue weighted by Crippen LogP contribution is -2.54. The maximum Gasteiger partial charge on any atom is 0.430 e. The summed E-state index contributed by atoms with van der Waals surface area (Å²) in [6.07, 6.45) is -10.5. The summed E-state index contributed by atoms with van der Waals surface area (Å²) >= 11 is 1.42. The highest BCUT2D eigenvalue weighted by Gasteiger charge is 2.71. The maximum atomic E-state index is 13.2. The first-order chi connectivity index (χ1) is 13.4. The second-order valence-electron chi connectivity index (χ2n) is 6.86. The van der Waals surface area contributed by atoms with Crippen molar-refractivity contribution in [3.8, 4) is 0 Å². The summed E-state index contributed by atoms with van der Waals surface area (Å²) in [5.41, 5.74) is -5.05. The Bertz CT molecular complexity index is 862. The predicted molar refractivity (Wildman–Crippen MR) is 95.8 cm³/mol. The Hall–Kier alpha value is -2.07. The molecule has 0 aliphatic carbocycles. The van der Waals surface area contributed by atoms with Gasteiger partial charge < -0.3 is 10.0 Å². The largest absolute Gasteiger partial charge is 0.430 e. The van der Waals surface area contributed by atoms with Crippen LogP contribution in [0.3, 0.4) is 0 Å². The van der Waals surface area contributed by atoms with E-state index in [2.05, 4.69) is 0 Å². The van der Waals surface area contributed by atoms with Crippen molar-refractivity contribution in [1.82, 2.24) is 0 Å². The normalized spacial score (nSPS) is 15.8. The molecule has 3 rings (SSSR count). The molecule has 1 aromatic heterocycles. The number of amides is 1. The zero-order valence-electron chi connectivity index (χ0n) is 15.0. The predicted octanol–water partition coefficient (Wildman–Crippen LogP) is 4.97. The minimum atomic E-state index is -5.95. The molecule has 1 amide bonds. The summed E-state index contributed by atoms with van der Waals surface area (Å²) < 4.78 is 79.1. The molecule has 0 bridgehead atoms. The van der Waals surface area contributed by atoms with Gasteiger partial charge in [0.2, 0.25) is 5.91 Å². The van der Waals surface area contributed by atoms with E-state index in [1.165, 1.54) is 16.2 Å². The first kappa shape index (κ1) is 21.6. The summed E-state index contributed by atoms with van der Waals surface area (Å²) in [4.78, 5) is 14.1. The standard InChI is InChI=1S/C19H17F6NO2S/c20-18(21,22)17(28,19(23,24)25)14-4-5-15-13(10-14)3-1-2-7-26(15)16(27)9-12-6-8-29-11-12/h4-6,8,10-11,28H,1-3,7,9H2. The molecule has 1 aliphatic heterocycles. The lowest BCUT2D eigenvalue weighted by atomic mass is 9.89. The molecular formula is C19H17F6NO2S. The molecule has 0 atom stereocenters. The van der Waals surface area contributed by atoms with Gasteiger partial charge in [-0.1, -0.05) is 12.1 Å². The SMILES string of the molecule is O=C(Cc1ccsc1)N1CCCCc2cc(C(O)(C(F)(F)F)C(F)(F)F)ccc21. The highest BCUT2D eigenvalue weighted by atomic mass is 32.1. The van der Waals surface area contributed by atoms with Crippen LogP contribution in [-0.2, 0) is 23.2 Å². The van der Waals surface area contributed by atoms with Gasteiger partial charge in [0.1, 0.15) is 0 Å². The van der Waals surface area contributed by atoms with Crippen LogP contribution in [0.5, 0.6) is 0 Å². The Morgan fingerprint density at radius 3 is 2.34 bits per heavy atom. The van der Waals surface area contributed by atoms with Crippen LogP contribution >= 0.6 is 11.3 Å². The molecule has 3 nitrogen and oxygen atoms in total. The van der Waals surface area contributed by atoms with Crippen molar-refractivity contribution in [2.45, 2.75) is 43.6 Å². The number of anilines is 1. The smallest absolute Gasteiger partial charge is 0.369 e. The molecule has 0 fully saturated rings. The van der Waals surface area contributed by atoms with E-state index in [4.69, 9.17) is 0 Å². The van der Waals surface area contributed by atoms with Crippen molar-refractivity contribution in [1.29, 1.82) is 0 Å². The Balaban J connectivity index is 2.01. The van der Waals surface area contributed by atoms with E-state index in [1.54, 1.807) is 16.8 Å². The molecule has 29 heavy (non-hydrogen) atoms. The summed E-state index contributed by atoms with van der Waals surface area (Å²) in [5, 5.41) is 13.2. The quantitative estimate of drug-likeness (QED) is 0.689. The zero-order valence-corrected chi connectivity index (χ0v) is 15.8. The van der Waals surface area contributed by atoms with Crippen LogP contribution in [0.25, 0.3) is 0 Å². The van der Waals surface area contributed by atoms with Gasteiger partial charge in [0, 0.05) is 17.8 Å². The number of thiophene rings is 1. The number of rotatable bonds is 3. The second kappa shape index (κ2) is 7.64. The molecular weight excluding hydrogens is 420 g/mol. The zero-order chi connectivity index (χ0) is 21.4. The molecule has 10 heteroatoms. The van der Waals surface area contributed by atoms with Gasteiger partial charge in [0.25, 0.3) is 5.60 Å². The second-order valence-corrected chi connectivity index (χ2v) is 7.64. The highest BCUT2D eigenvalue weighted by Crippen LogP contribution is 2.50. The Kier molecular flexibility index (Phi) is 5.70. The number of hydrogen-bond donors (Lipinski definition) is 1. The van der Waals surface area contributed by atoms with Gasteiger partial charge in [-0.15, -0.1) is 0 Å². The molecule has 158 valence electrons. The monoisotopic (exact) mass is 437 g/mol. The minimum absolute atomic E-state index is 0.0831. The molecule has 1 aromatic carbocycles. The van der Waals surface area contributed by atoms with Crippen molar-refractivity contribution >= 4 is 22.9 Å². The number of hydrogen-bond acceptors (Lipinski definition) is 3. The van der Waals surface area contributed by atoms with E-state index in [0.717, 1.165) is 11.6 Å². The number of benzene rings is 1. The Morgan fingerprint density at radius 2 is 1.76 bits per heavy atom. The van der Waals surface area contributed by atoms with Crippen molar-refractivity contribution in [3.63, 3.8) is 0 Å². The van der Waals surface area contributed by atoms with E-state index in [1.807, 2.05) is 0 Å². The lowest BCUT2D eigenvalue weighted by molar-refractivity contribution is -0.376. The fraction of sp³-hybridized carbons (Fsp3) is 0.421. The van der Waals surface area contributed by atoms with Crippen molar-refractivity contribution in [2.24, 2.45) is 0 Å². The molecule has 0 saturated carbocycles. The maximum absolute atomic E-state index is 13.2. The van der Waals surface area contributed by atoms with Gasteiger partial charge in [-0.3, -0.25) is 4.79 Å². The Labute approximate surface area is 166 Å². The van der Waals surface area contributed by atoms with Gasteiger partial charge in [0.15, 0.2) is 0 Å². The fourth-order valence-corrected chi connectivity index (χ4v) is 4.06. The molecule has 1 N–H and O–H groups in total. The van der Waals surface area contributed by atoms with Gasteiger partial charge in [-0.2, -0.15) is 37.7 Å². The van der Waals surface area contributed by atoms with Gasteiger partial charge in [-0.05, 0) is 53.3 Å². The van der Waals surface area contributed by atoms with E-state index < -0.39 is 23.5 Å². The number of alkyl halides is 6. The number of halogens is 6. The van der Waals surface area contributed by atoms with Gasteiger partial charge >= 0.3 is 12.4 Å². The molecule has 0 radical (unpaired) electrons. The van der Waals surface area contributed by atoms with Crippen molar-refractivity contribution < 1.29 is 36.2 Å². The first-order valence-corrected chi connectivity index (χ1v) is 9.70. The first-order valence-electron chi connectivity index (χ1n) is 8.76. The highest BCUT2D eigenvalue weighted by molar-refractivity contribution is 7.08. The number of carbonyl (C=O) groups excluding carboxylic acids is 1.